The van der Waals surface area contributed by atoms with E-state index in [1.165, 1.54) is 38.5 Å². The van der Waals surface area contributed by atoms with Crippen molar-refractivity contribution in [1.82, 2.24) is 0 Å². The first kappa shape index (κ1) is 17.3. The molecule has 5 aliphatic carbocycles. The third-order valence-corrected chi connectivity index (χ3v) is 10.1. The van der Waals surface area contributed by atoms with E-state index in [1.807, 2.05) is 0 Å². The van der Waals surface area contributed by atoms with Gasteiger partial charge in [0.2, 0.25) is 0 Å². The fraction of sp³-hybridized carbons (Fsp3) is 0.875. The van der Waals surface area contributed by atoms with E-state index in [4.69, 9.17) is 0 Å². The molecule has 0 aromatic rings. The van der Waals surface area contributed by atoms with Gasteiger partial charge in [0.25, 0.3) is 0 Å². The fourth-order valence-electron chi connectivity index (χ4n) is 9.05. The molecule has 5 rings (SSSR count). The molecule has 0 aliphatic heterocycles. The van der Waals surface area contributed by atoms with Crippen LogP contribution in [-0.2, 0) is 4.79 Å². The van der Waals surface area contributed by atoms with Gasteiger partial charge in [0.15, 0.2) is 0 Å². The van der Waals surface area contributed by atoms with Gasteiger partial charge >= 0.3 is 5.97 Å². The number of carboxylic acid groups (broad SMARTS) is 1. The van der Waals surface area contributed by atoms with Crippen LogP contribution < -0.4 is 0 Å². The molecular formula is C24H36O2. The second kappa shape index (κ2) is 5.17. The van der Waals surface area contributed by atoms with Crippen LogP contribution in [0.4, 0.5) is 0 Å². The van der Waals surface area contributed by atoms with Crippen molar-refractivity contribution in [3.63, 3.8) is 0 Å². The van der Waals surface area contributed by atoms with Crippen molar-refractivity contribution in [2.24, 2.45) is 57.7 Å². The molecule has 4 bridgehead atoms. The zero-order valence-corrected chi connectivity index (χ0v) is 17.0. The second-order valence-corrected chi connectivity index (χ2v) is 11.8. The number of hydrogen-bond donors (Lipinski definition) is 1. The molecule has 0 radical (unpaired) electrons. The Morgan fingerprint density at radius 1 is 1.04 bits per heavy atom. The van der Waals surface area contributed by atoms with Gasteiger partial charge in [-0.2, -0.15) is 0 Å². The van der Waals surface area contributed by atoms with E-state index in [-0.39, 0.29) is 0 Å². The Bertz CT molecular complexity index is 650. The van der Waals surface area contributed by atoms with Crippen LogP contribution in [0.2, 0.25) is 0 Å². The molecule has 0 amide bonds. The molecule has 4 saturated carbocycles. The van der Waals surface area contributed by atoms with Gasteiger partial charge in [-0.25, -0.2) is 0 Å². The van der Waals surface area contributed by atoms with Crippen LogP contribution in [0.3, 0.4) is 0 Å². The summed E-state index contributed by atoms with van der Waals surface area (Å²) in [5.74, 6) is 4.36. The normalized spacial score (nSPS) is 54.7. The number of allylic oxidation sites excluding steroid dienone is 2. The number of fused-ring (bicyclic) bond motifs is 9. The molecule has 0 aromatic heterocycles. The minimum atomic E-state index is -0.526. The van der Waals surface area contributed by atoms with E-state index in [2.05, 4.69) is 39.8 Å². The highest BCUT2D eigenvalue weighted by atomic mass is 16.4. The smallest absolute Gasteiger partial charge is 0.309 e. The number of carbonyl (C=O) groups is 1. The van der Waals surface area contributed by atoms with Gasteiger partial charge in [-0.1, -0.05) is 32.9 Å². The first-order valence-corrected chi connectivity index (χ1v) is 11.1. The number of hydrogen-bond acceptors (Lipinski definition) is 1. The maximum Gasteiger partial charge on any atom is 0.309 e. The molecule has 26 heavy (non-hydrogen) atoms. The van der Waals surface area contributed by atoms with Gasteiger partial charge in [0.05, 0.1) is 5.41 Å². The predicted octanol–water partition coefficient (Wildman–Crippen LogP) is 5.78. The zero-order chi connectivity index (χ0) is 18.5. The van der Waals surface area contributed by atoms with Crippen LogP contribution in [-0.4, -0.2) is 11.1 Å². The van der Waals surface area contributed by atoms with Gasteiger partial charge < -0.3 is 5.11 Å². The highest BCUT2D eigenvalue weighted by molar-refractivity contribution is 5.75. The molecule has 7 unspecified atom stereocenters. The number of aliphatic carboxylic acids is 1. The summed E-state index contributed by atoms with van der Waals surface area (Å²) in [6, 6.07) is 0. The minimum absolute atomic E-state index is 0.422. The number of rotatable bonds is 2. The summed E-state index contributed by atoms with van der Waals surface area (Å²) in [6.45, 7) is 9.30. The molecule has 0 saturated heterocycles. The van der Waals surface area contributed by atoms with Crippen molar-refractivity contribution in [3.8, 4) is 0 Å². The maximum absolute atomic E-state index is 12.1. The molecule has 2 heteroatoms. The average molecular weight is 357 g/mol. The standard InChI is InChI=1S/C24H36O2/c1-22(2,3)15-7-9-16(10-8-15)24-17-6-5-14(11-17)20(24)19-12-18(24)13-23(19,4)21(25)26/h5-6,14-20H,7-13H2,1-4H3,(H,25,26). The first-order chi connectivity index (χ1) is 12.2. The summed E-state index contributed by atoms with van der Waals surface area (Å²) in [5, 5.41) is 9.99. The Balaban J connectivity index is 1.47. The summed E-state index contributed by atoms with van der Waals surface area (Å²) in [5.41, 5.74) is 0.439. The lowest BCUT2D eigenvalue weighted by Crippen LogP contribution is -2.52. The van der Waals surface area contributed by atoms with E-state index >= 15 is 0 Å². The Morgan fingerprint density at radius 3 is 2.35 bits per heavy atom. The molecule has 5 aliphatic rings. The highest BCUT2D eigenvalue weighted by Crippen LogP contribution is 2.79. The predicted molar refractivity (Wildman–Crippen MR) is 104 cm³/mol. The van der Waals surface area contributed by atoms with Crippen LogP contribution in [0, 0.1) is 57.7 Å². The molecule has 0 heterocycles. The Morgan fingerprint density at radius 2 is 1.73 bits per heavy atom. The van der Waals surface area contributed by atoms with E-state index in [1.54, 1.807) is 0 Å². The largest absolute Gasteiger partial charge is 0.481 e. The van der Waals surface area contributed by atoms with E-state index < -0.39 is 11.4 Å². The average Bonchev–Trinajstić information content (AvgIpc) is 3.31. The third kappa shape index (κ3) is 1.92. The van der Waals surface area contributed by atoms with Gasteiger partial charge in [-0.15, -0.1) is 0 Å². The van der Waals surface area contributed by atoms with Crippen LogP contribution in [0.25, 0.3) is 0 Å². The number of carboxylic acids is 1. The van der Waals surface area contributed by atoms with E-state index in [0.29, 0.717) is 34.5 Å². The summed E-state index contributed by atoms with van der Waals surface area (Å²) >= 11 is 0. The molecule has 144 valence electrons. The van der Waals surface area contributed by atoms with Crippen LogP contribution in [0.5, 0.6) is 0 Å². The van der Waals surface area contributed by atoms with Crippen LogP contribution in [0.1, 0.15) is 72.6 Å². The topological polar surface area (TPSA) is 37.3 Å². The van der Waals surface area contributed by atoms with Gasteiger partial charge in [-0.05, 0) is 104 Å². The van der Waals surface area contributed by atoms with Crippen LogP contribution >= 0.6 is 0 Å². The summed E-state index contributed by atoms with van der Waals surface area (Å²) in [6.07, 6.45) is 14.0. The van der Waals surface area contributed by atoms with E-state index in [0.717, 1.165) is 24.2 Å². The second-order valence-electron chi connectivity index (χ2n) is 11.8. The molecule has 7 atom stereocenters. The third-order valence-electron chi connectivity index (χ3n) is 10.1. The van der Waals surface area contributed by atoms with Crippen molar-refractivity contribution in [2.45, 2.75) is 72.6 Å². The molecule has 4 fully saturated rings. The lowest BCUT2D eigenvalue weighted by Gasteiger charge is -2.56. The monoisotopic (exact) mass is 356 g/mol. The molecule has 0 spiro atoms. The van der Waals surface area contributed by atoms with Crippen molar-refractivity contribution >= 4 is 5.97 Å². The summed E-state index contributed by atoms with van der Waals surface area (Å²) < 4.78 is 0. The van der Waals surface area contributed by atoms with Gasteiger partial charge in [0, 0.05) is 0 Å². The lowest BCUT2D eigenvalue weighted by atomic mass is 9.48. The van der Waals surface area contributed by atoms with Gasteiger partial charge in [-0.3, -0.25) is 4.79 Å². The summed E-state index contributed by atoms with van der Waals surface area (Å²) in [7, 11) is 0. The molecule has 2 nitrogen and oxygen atoms in total. The fourth-order valence-corrected chi connectivity index (χ4v) is 9.05. The van der Waals surface area contributed by atoms with Crippen molar-refractivity contribution in [2.75, 3.05) is 0 Å². The Hall–Kier alpha value is -0.790. The van der Waals surface area contributed by atoms with Crippen molar-refractivity contribution < 1.29 is 9.90 Å². The van der Waals surface area contributed by atoms with Crippen molar-refractivity contribution in [1.29, 1.82) is 0 Å². The van der Waals surface area contributed by atoms with E-state index in [9.17, 15) is 9.90 Å². The Labute approximate surface area is 158 Å². The molecule has 1 N–H and O–H groups in total. The van der Waals surface area contributed by atoms with Crippen LogP contribution in [0.15, 0.2) is 12.2 Å². The molecule has 0 aromatic carbocycles. The first-order valence-electron chi connectivity index (χ1n) is 11.1. The lowest BCUT2D eigenvalue weighted by molar-refractivity contribution is -0.158. The van der Waals surface area contributed by atoms with Crippen molar-refractivity contribution in [3.05, 3.63) is 12.2 Å². The maximum atomic E-state index is 12.1. The highest BCUT2D eigenvalue weighted by Gasteiger charge is 2.75. The Kier molecular flexibility index (Phi) is 3.45. The minimum Gasteiger partial charge on any atom is -0.481 e. The molecular weight excluding hydrogens is 320 g/mol. The SMILES string of the molecule is CC(C)(C)C1CCC(C23C4C=CC(C4)C2C2CC3CC2(C)C(=O)O)CC1. The van der Waals surface area contributed by atoms with Gasteiger partial charge in [0.1, 0.15) is 0 Å². The quantitative estimate of drug-likeness (QED) is 0.503. The zero-order valence-electron chi connectivity index (χ0n) is 17.0. The summed E-state index contributed by atoms with van der Waals surface area (Å²) in [4.78, 5) is 12.1.